The molecule has 0 unspecified atom stereocenters. The van der Waals surface area contributed by atoms with Crippen molar-refractivity contribution in [2.75, 3.05) is 19.4 Å². The number of rotatable bonds is 4. The highest BCUT2D eigenvalue weighted by molar-refractivity contribution is 7.89. The summed E-state index contributed by atoms with van der Waals surface area (Å²) >= 11 is 11.4. The Kier molecular flexibility index (Phi) is 6.47. The molecule has 0 aliphatic heterocycles. The first-order chi connectivity index (χ1) is 11.2. The van der Waals surface area contributed by atoms with Crippen LogP contribution in [0.2, 0.25) is 5.02 Å². The normalized spacial score (nSPS) is 21.5. The lowest BCUT2D eigenvalue weighted by molar-refractivity contribution is 0.309. The second-order valence-corrected chi connectivity index (χ2v) is 9.34. The highest BCUT2D eigenvalue weighted by atomic mass is 35.5. The highest BCUT2D eigenvalue weighted by Crippen LogP contribution is 2.27. The van der Waals surface area contributed by atoms with Crippen molar-refractivity contribution in [2.24, 2.45) is 5.92 Å². The molecule has 1 saturated carbocycles. The van der Waals surface area contributed by atoms with E-state index in [0.717, 1.165) is 10.7 Å². The molecular formula is C16H24ClN3O2S2. The lowest BCUT2D eigenvalue weighted by Crippen LogP contribution is -2.43. The molecule has 0 aromatic heterocycles. The SMILES string of the molecule is C[C@@H]1CCCC[C@H]1NC(=S)Nc1ccc(Cl)c(S(=O)(=O)N(C)C)c1. The maximum atomic E-state index is 12.3. The molecule has 2 rings (SSSR count). The van der Waals surface area contributed by atoms with Gasteiger partial charge < -0.3 is 10.6 Å². The summed E-state index contributed by atoms with van der Waals surface area (Å²) in [5.41, 5.74) is 0.598. The predicted molar refractivity (Wildman–Crippen MR) is 103 cm³/mol. The van der Waals surface area contributed by atoms with Crippen molar-refractivity contribution in [3.8, 4) is 0 Å². The molecule has 0 bridgehead atoms. The summed E-state index contributed by atoms with van der Waals surface area (Å²) in [6.45, 7) is 2.23. The fraction of sp³-hybridized carbons (Fsp3) is 0.562. The van der Waals surface area contributed by atoms with Crippen LogP contribution in [0.5, 0.6) is 0 Å². The maximum absolute atomic E-state index is 12.3. The van der Waals surface area contributed by atoms with E-state index < -0.39 is 10.0 Å². The van der Waals surface area contributed by atoms with Crippen LogP contribution in [0.1, 0.15) is 32.6 Å². The summed E-state index contributed by atoms with van der Waals surface area (Å²) in [6.07, 6.45) is 4.77. The Balaban J connectivity index is 2.11. The van der Waals surface area contributed by atoms with E-state index in [9.17, 15) is 8.42 Å². The minimum atomic E-state index is -3.60. The second kappa shape index (κ2) is 7.99. The van der Waals surface area contributed by atoms with Crippen molar-refractivity contribution in [1.29, 1.82) is 0 Å². The van der Waals surface area contributed by atoms with Gasteiger partial charge in [0.05, 0.1) is 5.02 Å². The van der Waals surface area contributed by atoms with E-state index in [1.54, 1.807) is 12.1 Å². The molecule has 5 nitrogen and oxygen atoms in total. The Morgan fingerprint density at radius 2 is 1.96 bits per heavy atom. The summed E-state index contributed by atoms with van der Waals surface area (Å²) in [5, 5.41) is 7.10. The quantitative estimate of drug-likeness (QED) is 0.772. The lowest BCUT2D eigenvalue weighted by Gasteiger charge is -2.30. The molecule has 2 N–H and O–H groups in total. The fourth-order valence-corrected chi connectivity index (χ4v) is 4.50. The minimum absolute atomic E-state index is 0.0630. The van der Waals surface area contributed by atoms with Crippen molar-refractivity contribution in [2.45, 2.75) is 43.5 Å². The van der Waals surface area contributed by atoms with Crippen LogP contribution in [-0.4, -0.2) is 38.0 Å². The Hall–Kier alpha value is -0.890. The first-order valence-electron chi connectivity index (χ1n) is 8.01. The van der Waals surface area contributed by atoms with Gasteiger partial charge in [-0.25, -0.2) is 12.7 Å². The van der Waals surface area contributed by atoms with Gasteiger partial charge in [-0.3, -0.25) is 0 Å². The fourth-order valence-electron chi connectivity index (χ4n) is 2.84. The largest absolute Gasteiger partial charge is 0.359 e. The Morgan fingerprint density at radius 3 is 2.58 bits per heavy atom. The standard InChI is InChI=1S/C16H24ClN3O2S2/c1-11-6-4-5-7-14(11)19-16(23)18-12-8-9-13(17)15(10-12)24(21,22)20(2)3/h8-11,14H,4-7H2,1-3H3,(H2,18,19,23)/t11-,14-/m1/s1. The van der Waals surface area contributed by atoms with Gasteiger partial charge in [0.25, 0.3) is 0 Å². The zero-order valence-corrected chi connectivity index (χ0v) is 16.6. The van der Waals surface area contributed by atoms with E-state index in [2.05, 4.69) is 17.6 Å². The van der Waals surface area contributed by atoms with E-state index in [4.69, 9.17) is 23.8 Å². The third-order valence-corrected chi connectivity index (χ3v) is 6.89. The molecule has 0 radical (unpaired) electrons. The van der Waals surface area contributed by atoms with Gasteiger partial charge in [0, 0.05) is 25.8 Å². The van der Waals surface area contributed by atoms with Crippen LogP contribution < -0.4 is 10.6 Å². The molecule has 1 aromatic carbocycles. The van der Waals surface area contributed by atoms with Crippen molar-refractivity contribution in [3.05, 3.63) is 23.2 Å². The van der Waals surface area contributed by atoms with Crippen LogP contribution >= 0.6 is 23.8 Å². The molecular weight excluding hydrogens is 366 g/mol. The number of nitrogens with one attached hydrogen (secondary N) is 2. The molecule has 8 heteroatoms. The van der Waals surface area contributed by atoms with E-state index in [1.807, 2.05) is 0 Å². The number of hydrogen-bond donors (Lipinski definition) is 2. The average Bonchev–Trinajstić information content (AvgIpc) is 2.51. The van der Waals surface area contributed by atoms with Gasteiger partial charge in [-0.05, 0) is 49.2 Å². The molecule has 0 saturated heterocycles. The van der Waals surface area contributed by atoms with Gasteiger partial charge in [0.15, 0.2) is 5.11 Å². The van der Waals surface area contributed by atoms with Gasteiger partial charge in [-0.2, -0.15) is 0 Å². The zero-order chi connectivity index (χ0) is 17.9. The van der Waals surface area contributed by atoms with E-state index in [1.165, 1.54) is 39.4 Å². The molecule has 1 fully saturated rings. The van der Waals surface area contributed by atoms with Crippen LogP contribution in [-0.2, 0) is 10.0 Å². The number of benzene rings is 1. The molecule has 24 heavy (non-hydrogen) atoms. The molecule has 2 atom stereocenters. The molecule has 1 aliphatic rings. The lowest BCUT2D eigenvalue weighted by atomic mass is 9.86. The maximum Gasteiger partial charge on any atom is 0.244 e. The predicted octanol–water partition coefficient (Wildman–Crippen LogP) is 3.46. The van der Waals surface area contributed by atoms with Crippen LogP contribution in [0.25, 0.3) is 0 Å². The second-order valence-electron chi connectivity index (χ2n) is 6.40. The first-order valence-corrected chi connectivity index (χ1v) is 10.2. The average molecular weight is 390 g/mol. The van der Waals surface area contributed by atoms with Gasteiger partial charge >= 0.3 is 0 Å². The Labute approximate surface area is 154 Å². The van der Waals surface area contributed by atoms with Gasteiger partial charge in [0.2, 0.25) is 10.0 Å². The Bertz CT molecular complexity index is 707. The third kappa shape index (κ3) is 4.59. The van der Waals surface area contributed by atoms with Gasteiger partial charge in [-0.1, -0.05) is 31.4 Å². The number of thiocarbonyl (C=S) groups is 1. The van der Waals surface area contributed by atoms with E-state index in [-0.39, 0.29) is 9.92 Å². The summed E-state index contributed by atoms with van der Waals surface area (Å²) in [6, 6.07) is 5.15. The summed E-state index contributed by atoms with van der Waals surface area (Å²) < 4.78 is 25.8. The van der Waals surface area contributed by atoms with Crippen LogP contribution in [0, 0.1) is 5.92 Å². The molecule has 0 heterocycles. The first kappa shape index (κ1) is 19.4. The van der Waals surface area contributed by atoms with Crippen molar-refractivity contribution in [3.63, 3.8) is 0 Å². The topological polar surface area (TPSA) is 61.4 Å². The summed E-state index contributed by atoms with van der Waals surface area (Å²) in [5.74, 6) is 0.577. The summed E-state index contributed by atoms with van der Waals surface area (Å²) in [7, 11) is -0.655. The molecule has 134 valence electrons. The van der Waals surface area contributed by atoms with Crippen molar-refractivity contribution >= 4 is 44.6 Å². The van der Waals surface area contributed by atoms with Crippen LogP contribution in [0.15, 0.2) is 23.1 Å². The Morgan fingerprint density at radius 1 is 1.29 bits per heavy atom. The van der Waals surface area contributed by atoms with E-state index in [0.29, 0.717) is 22.8 Å². The van der Waals surface area contributed by atoms with Crippen LogP contribution in [0.3, 0.4) is 0 Å². The van der Waals surface area contributed by atoms with Crippen molar-refractivity contribution < 1.29 is 8.42 Å². The minimum Gasteiger partial charge on any atom is -0.359 e. The monoisotopic (exact) mass is 389 g/mol. The number of nitrogens with zero attached hydrogens (tertiary/aromatic N) is 1. The molecule has 1 aromatic rings. The van der Waals surface area contributed by atoms with Crippen molar-refractivity contribution in [1.82, 2.24) is 9.62 Å². The number of hydrogen-bond acceptors (Lipinski definition) is 3. The number of sulfonamides is 1. The smallest absolute Gasteiger partial charge is 0.244 e. The van der Waals surface area contributed by atoms with Crippen LogP contribution in [0.4, 0.5) is 5.69 Å². The molecule has 1 aliphatic carbocycles. The number of halogens is 1. The van der Waals surface area contributed by atoms with Gasteiger partial charge in [-0.15, -0.1) is 0 Å². The third-order valence-electron chi connectivity index (χ3n) is 4.38. The zero-order valence-electron chi connectivity index (χ0n) is 14.2. The van der Waals surface area contributed by atoms with E-state index >= 15 is 0 Å². The summed E-state index contributed by atoms with van der Waals surface area (Å²) in [4.78, 5) is 0.0630. The molecule has 0 amide bonds. The van der Waals surface area contributed by atoms with Gasteiger partial charge in [0.1, 0.15) is 4.90 Å². The molecule has 0 spiro atoms. The number of anilines is 1. The highest BCUT2D eigenvalue weighted by Gasteiger charge is 2.23.